The van der Waals surface area contributed by atoms with E-state index >= 15 is 0 Å². The normalized spacial score (nSPS) is 15.1. The molecule has 1 aromatic rings. The molecule has 0 saturated carbocycles. The molecule has 4 heteroatoms. The molecule has 1 aromatic heterocycles. The first-order valence-electron chi connectivity index (χ1n) is 6.84. The molecule has 0 unspecified atom stereocenters. The minimum Gasteiger partial charge on any atom is -0.382 e. The van der Waals surface area contributed by atoms with E-state index in [4.69, 9.17) is 0 Å². The van der Waals surface area contributed by atoms with Gasteiger partial charge < -0.3 is 10.2 Å². The quantitative estimate of drug-likeness (QED) is 0.766. The van der Waals surface area contributed by atoms with Crippen molar-refractivity contribution in [2.45, 2.75) is 25.7 Å². The molecule has 2 heterocycles. The highest BCUT2D eigenvalue weighted by atomic mass is 32.2. The van der Waals surface area contributed by atoms with Crippen molar-refractivity contribution in [2.24, 2.45) is 0 Å². The number of hydrogen-bond donors (Lipinski definition) is 1. The zero-order valence-corrected chi connectivity index (χ0v) is 12.0. The van der Waals surface area contributed by atoms with Crippen molar-refractivity contribution in [3.05, 3.63) is 18.3 Å². The van der Waals surface area contributed by atoms with Crippen LogP contribution in [0.25, 0.3) is 0 Å². The van der Waals surface area contributed by atoms with Crippen molar-refractivity contribution < 1.29 is 0 Å². The highest BCUT2D eigenvalue weighted by molar-refractivity contribution is 7.98. The molecule has 100 valence electrons. The first-order chi connectivity index (χ1) is 8.92. The van der Waals surface area contributed by atoms with Gasteiger partial charge in [0, 0.05) is 25.8 Å². The van der Waals surface area contributed by atoms with Crippen LogP contribution < -0.4 is 10.2 Å². The summed E-state index contributed by atoms with van der Waals surface area (Å²) in [6, 6.07) is 4.17. The SMILES string of the molecule is CSCCCCNc1cccnc1N1CCCC1. The Morgan fingerprint density at radius 1 is 1.33 bits per heavy atom. The fourth-order valence-corrected chi connectivity index (χ4v) is 2.80. The molecule has 1 saturated heterocycles. The molecule has 0 radical (unpaired) electrons. The molecule has 1 aliphatic rings. The van der Waals surface area contributed by atoms with Crippen LogP contribution in [0.1, 0.15) is 25.7 Å². The topological polar surface area (TPSA) is 28.2 Å². The number of aromatic nitrogens is 1. The van der Waals surface area contributed by atoms with E-state index in [1.165, 1.54) is 37.1 Å². The van der Waals surface area contributed by atoms with Gasteiger partial charge in [0.1, 0.15) is 0 Å². The predicted molar refractivity (Wildman–Crippen MR) is 81.8 cm³/mol. The molecule has 0 bridgehead atoms. The molecule has 2 rings (SSSR count). The molecule has 3 nitrogen and oxygen atoms in total. The smallest absolute Gasteiger partial charge is 0.151 e. The van der Waals surface area contributed by atoms with Gasteiger partial charge in [-0.25, -0.2) is 4.98 Å². The van der Waals surface area contributed by atoms with Gasteiger partial charge in [-0.1, -0.05) is 0 Å². The summed E-state index contributed by atoms with van der Waals surface area (Å²) in [5, 5.41) is 3.54. The van der Waals surface area contributed by atoms with E-state index in [-0.39, 0.29) is 0 Å². The number of thioether (sulfide) groups is 1. The first kappa shape index (κ1) is 13.5. The van der Waals surface area contributed by atoms with Crippen LogP contribution in [0.2, 0.25) is 0 Å². The number of anilines is 2. The van der Waals surface area contributed by atoms with Crippen molar-refractivity contribution in [3.8, 4) is 0 Å². The van der Waals surface area contributed by atoms with Crippen LogP contribution >= 0.6 is 11.8 Å². The summed E-state index contributed by atoms with van der Waals surface area (Å²) in [7, 11) is 0. The Balaban J connectivity index is 1.86. The Bertz CT molecular complexity index is 351. The lowest BCUT2D eigenvalue weighted by molar-refractivity contribution is 0.840. The van der Waals surface area contributed by atoms with Crippen molar-refractivity contribution in [2.75, 3.05) is 41.9 Å². The maximum atomic E-state index is 4.54. The van der Waals surface area contributed by atoms with E-state index in [0.717, 1.165) is 25.5 Å². The standard InChI is InChI=1S/C14H23N3S/c1-18-12-5-2-8-15-13-7-6-9-16-14(13)17-10-3-4-11-17/h6-7,9,15H,2-5,8,10-12H2,1H3. The summed E-state index contributed by atoms with van der Waals surface area (Å²) in [6.07, 6.45) is 9.17. The largest absolute Gasteiger partial charge is 0.382 e. The van der Waals surface area contributed by atoms with Crippen molar-refractivity contribution in [3.63, 3.8) is 0 Å². The lowest BCUT2D eigenvalue weighted by atomic mass is 10.3. The molecule has 1 aliphatic heterocycles. The Morgan fingerprint density at radius 2 is 2.17 bits per heavy atom. The maximum absolute atomic E-state index is 4.54. The van der Waals surface area contributed by atoms with E-state index in [1.807, 2.05) is 24.0 Å². The minimum absolute atomic E-state index is 1.05. The summed E-state index contributed by atoms with van der Waals surface area (Å²) < 4.78 is 0. The van der Waals surface area contributed by atoms with Crippen LogP contribution in [-0.4, -0.2) is 36.6 Å². The Morgan fingerprint density at radius 3 is 2.94 bits per heavy atom. The van der Waals surface area contributed by atoms with Gasteiger partial charge in [0.2, 0.25) is 0 Å². The van der Waals surface area contributed by atoms with Gasteiger partial charge in [0.05, 0.1) is 5.69 Å². The number of nitrogens with one attached hydrogen (secondary N) is 1. The van der Waals surface area contributed by atoms with Gasteiger partial charge in [-0.05, 0) is 49.8 Å². The third-order valence-corrected chi connectivity index (χ3v) is 3.98. The van der Waals surface area contributed by atoms with Crippen molar-refractivity contribution in [1.82, 2.24) is 4.98 Å². The van der Waals surface area contributed by atoms with Crippen LogP contribution in [0.3, 0.4) is 0 Å². The summed E-state index contributed by atoms with van der Waals surface area (Å²) in [5.41, 5.74) is 1.20. The molecule has 0 aromatic carbocycles. The molecule has 18 heavy (non-hydrogen) atoms. The van der Waals surface area contributed by atoms with Crippen molar-refractivity contribution in [1.29, 1.82) is 0 Å². The summed E-state index contributed by atoms with van der Waals surface area (Å²) in [5.74, 6) is 2.40. The molecule has 0 spiro atoms. The third kappa shape index (κ3) is 3.80. The Hall–Kier alpha value is -0.900. The first-order valence-corrected chi connectivity index (χ1v) is 8.24. The molecule has 1 fully saturated rings. The molecule has 1 N–H and O–H groups in total. The number of pyridine rings is 1. The van der Waals surface area contributed by atoms with Crippen LogP contribution in [-0.2, 0) is 0 Å². The van der Waals surface area contributed by atoms with Gasteiger partial charge >= 0.3 is 0 Å². The molecule has 0 aliphatic carbocycles. The fraction of sp³-hybridized carbons (Fsp3) is 0.643. The molecular formula is C14H23N3S. The number of hydrogen-bond acceptors (Lipinski definition) is 4. The maximum Gasteiger partial charge on any atom is 0.151 e. The average molecular weight is 265 g/mol. The highest BCUT2D eigenvalue weighted by Crippen LogP contribution is 2.25. The number of rotatable bonds is 7. The van der Waals surface area contributed by atoms with Crippen LogP contribution in [0.4, 0.5) is 11.5 Å². The lowest BCUT2D eigenvalue weighted by Gasteiger charge is -2.20. The molecule has 0 amide bonds. The number of unbranched alkanes of at least 4 members (excludes halogenated alkanes) is 1. The second-order valence-electron chi connectivity index (χ2n) is 4.70. The van der Waals surface area contributed by atoms with Crippen LogP contribution in [0, 0.1) is 0 Å². The summed E-state index contributed by atoms with van der Waals surface area (Å²) >= 11 is 1.92. The fourth-order valence-electron chi connectivity index (χ4n) is 2.31. The Labute approximate surface area is 114 Å². The Kier molecular flexibility index (Phi) is 5.65. The predicted octanol–water partition coefficient (Wildman–Crippen LogP) is 3.24. The minimum atomic E-state index is 1.05. The van der Waals surface area contributed by atoms with E-state index in [9.17, 15) is 0 Å². The third-order valence-electron chi connectivity index (χ3n) is 3.28. The van der Waals surface area contributed by atoms with E-state index in [2.05, 4.69) is 27.5 Å². The zero-order chi connectivity index (χ0) is 12.6. The van der Waals surface area contributed by atoms with E-state index in [0.29, 0.717) is 0 Å². The van der Waals surface area contributed by atoms with Crippen LogP contribution in [0.5, 0.6) is 0 Å². The molecular weight excluding hydrogens is 242 g/mol. The van der Waals surface area contributed by atoms with Crippen molar-refractivity contribution >= 4 is 23.3 Å². The second kappa shape index (κ2) is 7.52. The lowest BCUT2D eigenvalue weighted by Crippen LogP contribution is -2.20. The van der Waals surface area contributed by atoms with Gasteiger partial charge in [0.25, 0.3) is 0 Å². The summed E-state index contributed by atoms with van der Waals surface area (Å²) in [4.78, 5) is 6.93. The van der Waals surface area contributed by atoms with Gasteiger partial charge in [-0.2, -0.15) is 11.8 Å². The summed E-state index contributed by atoms with van der Waals surface area (Å²) in [6.45, 7) is 3.35. The second-order valence-corrected chi connectivity index (χ2v) is 5.68. The van der Waals surface area contributed by atoms with E-state index < -0.39 is 0 Å². The van der Waals surface area contributed by atoms with Gasteiger partial charge in [-0.15, -0.1) is 0 Å². The zero-order valence-electron chi connectivity index (χ0n) is 11.2. The average Bonchev–Trinajstić information content (AvgIpc) is 2.93. The van der Waals surface area contributed by atoms with E-state index in [1.54, 1.807) is 0 Å². The monoisotopic (exact) mass is 265 g/mol. The van der Waals surface area contributed by atoms with Gasteiger partial charge in [0.15, 0.2) is 5.82 Å². The highest BCUT2D eigenvalue weighted by Gasteiger charge is 2.16. The number of nitrogens with zero attached hydrogens (tertiary/aromatic N) is 2. The molecule has 0 atom stereocenters. The van der Waals surface area contributed by atoms with Gasteiger partial charge in [-0.3, -0.25) is 0 Å². The van der Waals surface area contributed by atoms with Crippen LogP contribution in [0.15, 0.2) is 18.3 Å².